The molecule has 3 heterocycles. The van der Waals surface area contributed by atoms with E-state index in [2.05, 4.69) is 50.3 Å². The van der Waals surface area contributed by atoms with E-state index in [0.717, 1.165) is 4.90 Å². The van der Waals surface area contributed by atoms with Crippen molar-refractivity contribution in [3.05, 3.63) is 124 Å². The number of azide groups is 1. The Morgan fingerprint density at radius 1 is 0.792 bits per heavy atom. The summed E-state index contributed by atoms with van der Waals surface area (Å²) in [6, 6.07) is 18.7. The number of esters is 3. The van der Waals surface area contributed by atoms with Crippen molar-refractivity contribution in [1.29, 1.82) is 0 Å². The fourth-order valence-corrected chi connectivity index (χ4v) is 2.96. The fraction of sp³-hybridized carbons (Fsp3) is 0.324. The van der Waals surface area contributed by atoms with Crippen molar-refractivity contribution in [2.75, 3.05) is 20.7 Å². The van der Waals surface area contributed by atoms with Crippen LogP contribution in [0.2, 0.25) is 0 Å². The lowest BCUT2D eigenvalue weighted by Gasteiger charge is -2.16. The molecule has 0 spiro atoms. The molecule has 1 aliphatic carbocycles. The largest absolute Gasteiger partial charge is 0.458 e. The number of likely N-dealkylation sites (N-methyl/N-ethyl adjacent to an activating group) is 1. The fourth-order valence-electron chi connectivity index (χ4n) is 2.96. The van der Waals surface area contributed by atoms with Crippen molar-refractivity contribution < 1.29 is 33.4 Å². The number of hydrogen-bond acceptors (Lipinski definition) is 8. The van der Waals surface area contributed by atoms with E-state index in [1.54, 1.807) is 17.2 Å². The number of fused-ring (bicyclic) bond motifs is 1. The Balaban J connectivity index is -0.000000496. The van der Waals surface area contributed by atoms with Crippen LogP contribution >= 0.6 is 0 Å². The topological polar surface area (TPSA) is 156 Å². The van der Waals surface area contributed by atoms with Crippen molar-refractivity contribution >= 4 is 35.8 Å². The molecule has 3 aliphatic heterocycles. The first-order valence-electron chi connectivity index (χ1n) is 15.6. The van der Waals surface area contributed by atoms with Gasteiger partial charge in [0.2, 0.25) is 0 Å². The van der Waals surface area contributed by atoms with Crippen LogP contribution in [0.1, 0.15) is 65.2 Å². The predicted molar refractivity (Wildman–Crippen MR) is 191 cm³/mol. The molecular weight excluding hydrogens is 612 g/mol. The second-order valence-corrected chi connectivity index (χ2v) is 8.31. The van der Waals surface area contributed by atoms with Crippen molar-refractivity contribution in [1.82, 2.24) is 4.90 Å². The van der Waals surface area contributed by atoms with Crippen LogP contribution in [0.3, 0.4) is 0 Å². The number of ether oxygens (including phenoxy) is 2. The SMILES string of the molecule is C=Cc1ccccc1.CC.CC.CC.CC1=CC(=O)OC1=O.CN1C(=O)C=CC1=O.CN=[N+]=[N-].O=C1C=CCO1.c1ccc2c(c1)CC2. The lowest BCUT2D eigenvalue weighted by atomic mass is 9.89. The summed E-state index contributed by atoms with van der Waals surface area (Å²) in [5.41, 5.74) is 12.0. The number of hydrogen-bond donors (Lipinski definition) is 0. The molecule has 11 heteroatoms. The zero-order chi connectivity index (χ0) is 37.3. The van der Waals surface area contributed by atoms with Crippen molar-refractivity contribution in [2.45, 2.75) is 61.3 Å². The standard InChI is InChI=1S/2C8H8.C5H5NO2.C5H4O3.C4H4O2.3C2H6.CH3N3/c1-2-4-8-6-5-7(8)3-1;1-2-8-6-4-3-5-7-8;1-6-4(7)2-3-5(6)8;1-3-2-4(6)8-5(3)7;5-4-2-1-3-6-4;3*1-2;1-3-4-2/h1-4H,5-6H2;2-7H,1H2;2-3H,1H3;2H,1H3;1-2H,3H2;3*1-2H3;1H3. The lowest BCUT2D eigenvalue weighted by Crippen LogP contribution is -2.24. The molecule has 6 rings (SSSR count). The lowest BCUT2D eigenvalue weighted by molar-refractivity contribution is -0.150. The highest BCUT2D eigenvalue weighted by molar-refractivity contribution is 6.12. The maximum absolute atomic E-state index is 10.4. The highest BCUT2D eigenvalue weighted by atomic mass is 16.6. The summed E-state index contributed by atoms with van der Waals surface area (Å²) in [5.74, 6) is -1.80. The van der Waals surface area contributed by atoms with E-state index >= 15 is 0 Å². The molecule has 0 saturated heterocycles. The molecule has 4 aliphatic rings. The van der Waals surface area contributed by atoms with Gasteiger partial charge in [0.1, 0.15) is 6.61 Å². The molecular formula is C37H50N4O7. The zero-order valence-electron chi connectivity index (χ0n) is 29.6. The van der Waals surface area contributed by atoms with Gasteiger partial charge in [0, 0.05) is 48.9 Å². The number of aryl methyl sites for hydroxylation is 2. The van der Waals surface area contributed by atoms with E-state index in [9.17, 15) is 24.0 Å². The molecule has 0 fully saturated rings. The average Bonchev–Trinajstić information content (AvgIpc) is 3.81. The van der Waals surface area contributed by atoms with Crippen LogP contribution in [0, 0.1) is 0 Å². The molecule has 0 aromatic heterocycles. The van der Waals surface area contributed by atoms with Crippen molar-refractivity contribution in [3.8, 4) is 0 Å². The third-order valence-corrected chi connectivity index (χ3v) is 5.36. The summed E-state index contributed by atoms with van der Waals surface area (Å²) in [5, 5.41) is 2.92. The summed E-state index contributed by atoms with van der Waals surface area (Å²) < 4.78 is 8.51. The summed E-state index contributed by atoms with van der Waals surface area (Å²) in [7, 11) is 2.84. The molecule has 0 atom stereocenters. The van der Waals surface area contributed by atoms with Crippen LogP contribution < -0.4 is 0 Å². The minimum absolute atomic E-state index is 0.227. The van der Waals surface area contributed by atoms with E-state index < -0.39 is 11.9 Å². The van der Waals surface area contributed by atoms with E-state index in [4.69, 9.17) is 5.53 Å². The molecule has 0 bridgehead atoms. The van der Waals surface area contributed by atoms with Crippen molar-refractivity contribution in [2.24, 2.45) is 5.11 Å². The van der Waals surface area contributed by atoms with Crippen LogP contribution in [0.25, 0.3) is 16.5 Å². The predicted octanol–water partition coefficient (Wildman–Crippen LogP) is 7.78. The number of carbonyl (C=O) groups excluding carboxylic acids is 5. The summed E-state index contributed by atoms with van der Waals surface area (Å²) >= 11 is 0. The van der Waals surface area contributed by atoms with E-state index in [0.29, 0.717) is 12.2 Å². The van der Waals surface area contributed by atoms with Crippen LogP contribution in [-0.2, 0) is 46.3 Å². The first-order chi connectivity index (χ1) is 23.1. The molecule has 260 valence electrons. The molecule has 2 aromatic rings. The number of benzene rings is 2. The van der Waals surface area contributed by atoms with E-state index in [-0.39, 0.29) is 17.8 Å². The molecule has 2 amide bonds. The highest BCUT2D eigenvalue weighted by Crippen LogP contribution is 2.20. The number of imide groups is 1. The molecule has 11 nitrogen and oxygen atoms in total. The zero-order valence-corrected chi connectivity index (χ0v) is 29.6. The minimum atomic E-state index is -0.562. The Kier molecular flexibility index (Phi) is 30.7. The van der Waals surface area contributed by atoms with Crippen LogP contribution in [0.5, 0.6) is 0 Å². The highest BCUT2D eigenvalue weighted by Gasteiger charge is 2.18. The van der Waals surface area contributed by atoms with E-state index in [1.807, 2.05) is 78.0 Å². The van der Waals surface area contributed by atoms with Gasteiger partial charge in [0.05, 0.1) is 0 Å². The van der Waals surface area contributed by atoms with Crippen LogP contribution in [-0.4, -0.2) is 55.3 Å². The number of nitrogens with zero attached hydrogens (tertiary/aromatic N) is 4. The van der Waals surface area contributed by atoms with Gasteiger partial charge in [0.15, 0.2) is 0 Å². The second-order valence-electron chi connectivity index (χ2n) is 8.31. The van der Waals surface area contributed by atoms with Gasteiger partial charge >= 0.3 is 17.9 Å². The Morgan fingerprint density at radius 2 is 1.25 bits per heavy atom. The van der Waals surface area contributed by atoms with E-state index in [1.165, 1.54) is 63.7 Å². The Morgan fingerprint density at radius 3 is 1.42 bits per heavy atom. The minimum Gasteiger partial charge on any atom is -0.458 e. The number of cyclic esters (lactones) is 3. The Hall–Kier alpha value is -5.54. The number of rotatable bonds is 1. The first-order valence-corrected chi connectivity index (χ1v) is 15.6. The van der Waals surface area contributed by atoms with Gasteiger partial charge in [-0.15, -0.1) is 0 Å². The molecule has 2 aromatic carbocycles. The van der Waals surface area contributed by atoms with Gasteiger partial charge in [-0.25, -0.2) is 14.4 Å². The van der Waals surface area contributed by atoms with Gasteiger partial charge in [0.25, 0.3) is 11.8 Å². The van der Waals surface area contributed by atoms with Gasteiger partial charge in [-0.2, -0.15) is 0 Å². The summed E-state index contributed by atoms with van der Waals surface area (Å²) in [6.45, 7) is 17.6. The van der Waals surface area contributed by atoms with Crippen LogP contribution in [0.4, 0.5) is 0 Å². The molecule has 0 N–H and O–H groups in total. The number of amides is 2. The molecule has 0 unspecified atom stereocenters. The normalized spacial score (nSPS) is 13.0. The maximum atomic E-state index is 10.4. The third-order valence-electron chi connectivity index (χ3n) is 5.36. The quantitative estimate of drug-likeness (QED) is 0.0754. The average molecular weight is 663 g/mol. The monoisotopic (exact) mass is 662 g/mol. The summed E-state index contributed by atoms with van der Waals surface area (Å²) in [4.78, 5) is 54.6. The first kappa shape index (κ1) is 46.9. The van der Waals surface area contributed by atoms with Gasteiger partial charge < -0.3 is 9.47 Å². The van der Waals surface area contributed by atoms with Gasteiger partial charge in [-0.05, 0) is 48.1 Å². The van der Waals surface area contributed by atoms with Crippen molar-refractivity contribution in [3.63, 3.8) is 0 Å². The molecule has 0 radical (unpaired) electrons. The summed E-state index contributed by atoms with van der Waals surface area (Å²) in [6.07, 6.45) is 11.2. The third kappa shape index (κ3) is 22.0. The van der Waals surface area contributed by atoms with Crippen LogP contribution in [0.15, 0.2) is 102 Å². The van der Waals surface area contributed by atoms with Gasteiger partial charge in [-0.3, -0.25) is 14.5 Å². The maximum Gasteiger partial charge on any atom is 0.341 e. The number of carbonyl (C=O) groups is 5. The smallest absolute Gasteiger partial charge is 0.341 e. The second kappa shape index (κ2) is 31.4. The van der Waals surface area contributed by atoms with Gasteiger partial charge in [-0.1, -0.05) is 114 Å². The molecule has 0 saturated carbocycles. The Bertz CT molecular complexity index is 1360. The molecule has 48 heavy (non-hydrogen) atoms. The Labute approximate surface area is 285 Å².